The van der Waals surface area contributed by atoms with Crippen molar-refractivity contribution in [3.63, 3.8) is 0 Å². The number of piperazine rings is 1. The molecular formula is C18H20F2N4O. The van der Waals surface area contributed by atoms with Gasteiger partial charge >= 0.3 is 0 Å². The first-order valence-electron chi connectivity index (χ1n) is 8.20. The van der Waals surface area contributed by atoms with Crippen molar-refractivity contribution in [3.05, 3.63) is 59.9 Å². The van der Waals surface area contributed by atoms with Crippen LogP contribution in [0.3, 0.4) is 0 Å². The summed E-state index contributed by atoms with van der Waals surface area (Å²) in [7, 11) is 0. The zero-order valence-corrected chi connectivity index (χ0v) is 13.8. The number of nitrogens with one attached hydrogen (secondary N) is 1. The second kappa shape index (κ2) is 8.13. The van der Waals surface area contributed by atoms with Gasteiger partial charge in [-0.15, -0.1) is 0 Å². The summed E-state index contributed by atoms with van der Waals surface area (Å²) in [4.78, 5) is 20.3. The first kappa shape index (κ1) is 17.4. The van der Waals surface area contributed by atoms with Gasteiger partial charge in [0.05, 0.1) is 12.2 Å². The standard InChI is InChI=1S/C18H20F2N4O/c19-14-3-1-4-15(11-14)22-18(25)13-24-9-7-23(8-10-24)12-17-16(20)5-2-6-21-17/h1-6,11H,7-10,12-13H2,(H,22,25). The van der Waals surface area contributed by atoms with Crippen molar-refractivity contribution in [2.24, 2.45) is 0 Å². The Morgan fingerprint density at radius 1 is 1.08 bits per heavy atom. The SMILES string of the molecule is O=C(CN1CCN(Cc2ncccc2F)CC1)Nc1cccc(F)c1. The maximum Gasteiger partial charge on any atom is 0.238 e. The molecule has 0 unspecified atom stereocenters. The van der Waals surface area contributed by atoms with E-state index in [9.17, 15) is 13.6 Å². The maximum atomic E-state index is 13.6. The number of amides is 1. The second-order valence-corrected chi connectivity index (χ2v) is 6.04. The summed E-state index contributed by atoms with van der Waals surface area (Å²) in [5.74, 6) is -0.845. The molecule has 1 aromatic carbocycles. The van der Waals surface area contributed by atoms with E-state index in [2.05, 4.69) is 15.2 Å². The highest BCUT2D eigenvalue weighted by Crippen LogP contribution is 2.11. The molecule has 2 heterocycles. The molecule has 0 bridgehead atoms. The van der Waals surface area contributed by atoms with Crippen molar-refractivity contribution < 1.29 is 13.6 Å². The summed E-state index contributed by atoms with van der Waals surface area (Å²) in [6.07, 6.45) is 1.59. The lowest BCUT2D eigenvalue weighted by atomic mass is 10.2. The van der Waals surface area contributed by atoms with Gasteiger partial charge in [0.2, 0.25) is 5.91 Å². The fourth-order valence-electron chi connectivity index (χ4n) is 2.82. The van der Waals surface area contributed by atoms with Crippen molar-refractivity contribution in [1.82, 2.24) is 14.8 Å². The van der Waals surface area contributed by atoms with Crippen LogP contribution in [0.25, 0.3) is 0 Å². The van der Waals surface area contributed by atoms with E-state index in [0.717, 1.165) is 13.1 Å². The van der Waals surface area contributed by atoms with Crippen molar-refractivity contribution in [1.29, 1.82) is 0 Å². The molecule has 1 aromatic heterocycles. The average molecular weight is 346 g/mol. The van der Waals surface area contributed by atoms with Crippen LogP contribution in [-0.4, -0.2) is 53.4 Å². The summed E-state index contributed by atoms with van der Waals surface area (Å²) >= 11 is 0. The molecule has 0 atom stereocenters. The highest BCUT2D eigenvalue weighted by molar-refractivity contribution is 5.92. The lowest BCUT2D eigenvalue weighted by Crippen LogP contribution is -2.48. The topological polar surface area (TPSA) is 48.5 Å². The van der Waals surface area contributed by atoms with Gasteiger partial charge in [-0.1, -0.05) is 6.07 Å². The normalized spacial score (nSPS) is 15.9. The number of aromatic nitrogens is 1. The molecule has 0 radical (unpaired) electrons. The number of carbonyl (C=O) groups excluding carboxylic acids is 1. The Morgan fingerprint density at radius 2 is 1.84 bits per heavy atom. The number of rotatable bonds is 5. The van der Waals surface area contributed by atoms with Gasteiger partial charge in [-0.3, -0.25) is 19.6 Å². The molecule has 132 valence electrons. The van der Waals surface area contributed by atoms with Crippen LogP contribution in [0, 0.1) is 11.6 Å². The van der Waals surface area contributed by atoms with Crippen molar-refractivity contribution >= 4 is 11.6 Å². The van der Waals surface area contributed by atoms with Crippen LogP contribution in [0.15, 0.2) is 42.6 Å². The maximum absolute atomic E-state index is 13.6. The highest BCUT2D eigenvalue weighted by atomic mass is 19.1. The smallest absolute Gasteiger partial charge is 0.238 e. The predicted molar refractivity (Wildman–Crippen MR) is 90.9 cm³/mol. The highest BCUT2D eigenvalue weighted by Gasteiger charge is 2.20. The van der Waals surface area contributed by atoms with E-state index in [-0.39, 0.29) is 24.1 Å². The summed E-state index contributed by atoms with van der Waals surface area (Å²) < 4.78 is 26.8. The van der Waals surface area contributed by atoms with E-state index < -0.39 is 0 Å². The molecule has 3 rings (SSSR count). The Hall–Kier alpha value is -2.38. The molecule has 1 aliphatic heterocycles. The minimum absolute atomic E-state index is 0.171. The van der Waals surface area contributed by atoms with Gasteiger partial charge in [0.25, 0.3) is 0 Å². The van der Waals surface area contributed by atoms with Gasteiger partial charge in [-0.05, 0) is 30.3 Å². The number of nitrogens with zero attached hydrogens (tertiary/aromatic N) is 3. The molecule has 1 saturated heterocycles. The van der Waals surface area contributed by atoms with E-state index in [1.165, 1.54) is 18.2 Å². The molecule has 5 nitrogen and oxygen atoms in total. The van der Waals surface area contributed by atoms with Gasteiger partial charge in [-0.25, -0.2) is 8.78 Å². The number of pyridine rings is 1. The van der Waals surface area contributed by atoms with Gasteiger partial charge in [0.1, 0.15) is 11.6 Å². The van der Waals surface area contributed by atoms with E-state index in [0.29, 0.717) is 31.0 Å². The number of hydrogen-bond donors (Lipinski definition) is 1. The van der Waals surface area contributed by atoms with Crippen LogP contribution in [-0.2, 0) is 11.3 Å². The molecule has 1 fully saturated rings. The van der Waals surface area contributed by atoms with Gasteiger partial charge < -0.3 is 5.32 Å². The third-order valence-electron chi connectivity index (χ3n) is 4.15. The third-order valence-corrected chi connectivity index (χ3v) is 4.15. The minimum Gasteiger partial charge on any atom is -0.325 e. The number of anilines is 1. The Morgan fingerprint density at radius 3 is 2.56 bits per heavy atom. The van der Waals surface area contributed by atoms with Crippen LogP contribution in [0.1, 0.15) is 5.69 Å². The lowest BCUT2D eigenvalue weighted by Gasteiger charge is -2.34. The van der Waals surface area contributed by atoms with E-state index in [1.807, 2.05) is 4.90 Å². The van der Waals surface area contributed by atoms with E-state index >= 15 is 0 Å². The van der Waals surface area contributed by atoms with Crippen molar-refractivity contribution in [3.8, 4) is 0 Å². The molecule has 1 aliphatic rings. The van der Waals surface area contributed by atoms with Gasteiger partial charge in [-0.2, -0.15) is 0 Å². The summed E-state index contributed by atoms with van der Waals surface area (Å²) in [5, 5.41) is 2.69. The summed E-state index contributed by atoms with van der Waals surface area (Å²) in [5.41, 5.74) is 0.897. The second-order valence-electron chi connectivity index (χ2n) is 6.04. The molecule has 0 saturated carbocycles. The fourth-order valence-corrected chi connectivity index (χ4v) is 2.82. The predicted octanol–water partition coefficient (Wildman–Crippen LogP) is 2.12. The molecule has 1 amide bonds. The van der Waals surface area contributed by atoms with Crippen LogP contribution in [0.5, 0.6) is 0 Å². The Bertz CT molecular complexity index is 733. The van der Waals surface area contributed by atoms with Gasteiger partial charge in [0.15, 0.2) is 0 Å². The Kier molecular flexibility index (Phi) is 5.67. The Labute approximate surface area is 145 Å². The number of carbonyl (C=O) groups is 1. The van der Waals surface area contributed by atoms with Crippen LogP contribution in [0.2, 0.25) is 0 Å². The summed E-state index contributed by atoms with van der Waals surface area (Å²) in [6.45, 7) is 3.63. The van der Waals surface area contributed by atoms with E-state index in [4.69, 9.17) is 0 Å². The monoisotopic (exact) mass is 346 g/mol. The largest absolute Gasteiger partial charge is 0.325 e. The van der Waals surface area contributed by atoms with Crippen LogP contribution >= 0.6 is 0 Å². The van der Waals surface area contributed by atoms with Crippen LogP contribution < -0.4 is 5.32 Å². The first-order valence-corrected chi connectivity index (χ1v) is 8.20. The lowest BCUT2D eigenvalue weighted by molar-refractivity contribution is -0.117. The number of halogens is 2. The fraction of sp³-hybridized carbons (Fsp3) is 0.333. The van der Waals surface area contributed by atoms with E-state index in [1.54, 1.807) is 24.4 Å². The zero-order valence-electron chi connectivity index (χ0n) is 13.8. The molecular weight excluding hydrogens is 326 g/mol. The number of hydrogen-bond acceptors (Lipinski definition) is 4. The zero-order chi connectivity index (χ0) is 17.6. The number of benzene rings is 1. The molecule has 7 heteroatoms. The average Bonchev–Trinajstić information content (AvgIpc) is 2.58. The molecule has 2 aromatic rings. The molecule has 0 aliphatic carbocycles. The van der Waals surface area contributed by atoms with Gasteiger partial charge in [0, 0.05) is 44.6 Å². The quantitative estimate of drug-likeness (QED) is 0.901. The summed E-state index contributed by atoms with van der Waals surface area (Å²) in [6, 6.07) is 8.82. The Balaban J connectivity index is 1.44. The molecule has 1 N–H and O–H groups in total. The minimum atomic E-state index is -0.381. The van der Waals surface area contributed by atoms with Crippen LogP contribution in [0.4, 0.5) is 14.5 Å². The van der Waals surface area contributed by atoms with Crippen molar-refractivity contribution in [2.75, 3.05) is 38.0 Å². The van der Waals surface area contributed by atoms with Crippen molar-refractivity contribution in [2.45, 2.75) is 6.54 Å². The first-order chi connectivity index (χ1) is 12.1. The molecule has 0 spiro atoms. The molecule has 25 heavy (non-hydrogen) atoms. The third kappa shape index (κ3) is 5.04.